The fourth-order valence-electron chi connectivity index (χ4n) is 3.12. The summed E-state index contributed by atoms with van der Waals surface area (Å²) in [4.78, 5) is 16.6. The van der Waals surface area contributed by atoms with Crippen LogP contribution in [-0.2, 0) is 0 Å². The number of hydrogen-bond donors (Lipinski definition) is 1. The summed E-state index contributed by atoms with van der Waals surface area (Å²) in [7, 11) is 0. The molecule has 4 aromatic heterocycles. The molecule has 0 atom stereocenters. The van der Waals surface area contributed by atoms with Crippen molar-refractivity contribution in [3.05, 3.63) is 72.9 Å². The molecule has 0 aliphatic heterocycles. The van der Waals surface area contributed by atoms with E-state index >= 15 is 0 Å². The molecule has 1 aliphatic rings. The number of nitrogens with zero attached hydrogens (tertiary/aromatic N) is 4. The van der Waals surface area contributed by atoms with Crippen LogP contribution in [0.4, 0.5) is 0 Å². The third-order valence-corrected chi connectivity index (χ3v) is 4.65. The van der Waals surface area contributed by atoms with E-state index in [-0.39, 0.29) is 5.91 Å². The van der Waals surface area contributed by atoms with Crippen LogP contribution in [0.5, 0.6) is 0 Å². The standard InChI is InChI=1S/C20H17N5O/c26-20(23-16-2-3-16)18-9-12-22-25(18)19-6-5-17-4-1-15(13-24(17)19)14-7-10-21-11-8-14/h1,4-13,16H,2-3H2,(H,23,26). The van der Waals surface area contributed by atoms with Gasteiger partial charge in [-0.3, -0.25) is 9.78 Å². The van der Waals surface area contributed by atoms with Gasteiger partial charge in [0.15, 0.2) is 0 Å². The van der Waals surface area contributed by atoms with Crippen LogP contribution in [0.2, 0.25) is 0 Å². The van der Waals surface area contributed by atoms with Gasteiger partial charge in [0.25, 0.3) is 5.91 Å². The third kappa shape index (κ3) is 2.56. The Morgan fingerprint density at radius 1 is 0.962 bits per heavy atom. The van der Waals surface area contributed by atoms with E-state index in [1.807, 2.05) is 24.3 Å². The Balaban J connectivity index is 1.59. The van der Waals surface area contributed by atoms with Crippen molar-refractivity contribution in [2.45, 2.75) is 18.9 Å². The van der Waals surface area contributed by atoms with Crippen LogP contribution in [0.3, 0.4) is 0 Å². The molecule has 1 saturated carbocycles. The van der Waals surface area contributed by atoms with E-state index in [1.165, 1.54) is 0 Å². The smallest absolute Gasteiger partial charge is 0.270 e. The van der Waals surface area contributed by atoms with Gasteiger partial charge in [0, 0.05) is 30.1 Å². The molecule has 26 heavy (non-hydrogen) atoms. The normalized spacial score (nSPS) is 13.8. The number of amides is 1. The molecule has 6 nitrogen and oxygen atoms in total. The second-order valence-corrected chi connectivity index (χ2v) is 6.52. The Kier molecular flexibility index (Phi) is 3.35. The maximum absolute atomic E-state index is 12.5. The molecule has 0 radical (unpaired) electrons. The Labute approximate surface area is 150 Å². The van der Waals surface area contributed by atoms with Crippen LogP contribution >= 0.6 is 0 Å². The van der Waals surface area contributed by atoms with Crippen LogP contribution in [0.15, 0.2) is 67.3 Å². The molecule has 0 spiro atoms. The lowest BCUT2D eigenvalue weighted by atomic mass is 10.1. The minimum atomic E-state index is -0.0785. The molecule has 5 rings (SSSR count). The molecule has 0 unspecified atom stereocenters. The predicted octanol–water partition coefficient (Wildman–Crippen LogP) is 3.08. The van der Waals surface area contributed by atoms with Crippen LogP contribution < -0.4 is 5.32 Å². The number of rotatable bonds is 4. The Bertz CT molecular complexity index is 1090. The highest BCUT2D eigenvalue weighted by Crippen LogP contribution is 2.24. The van der Waals surface area contributed by atoms with E-state index < -0.39 is 0 Å². The van der Waals surface area contributed by atoms with Gasteiger partial charge in [0.2, 0.25) is 0 Å². The quantitative estimate of drug-likeness (QED) is 0.619. The molecular formula is C20H17N5O. The molecular weight excluding hydrogens is 326 g/mol. The highest BCUT2D eigenvalue weighted by molar-refractivity contribution is 5.93. The van der Waals surface area contributed by atoms with Crippen LogP contribution in [0.1, 0.15) is 23.3 Å². The van der Waals surface area contributed by atoms with Gasteiger partial charge >= 0.3 is 0 Å². The van der Waals surface area contributed by atoms with Crippen molar-refractivity contribution in [2.24, 2.45) is 0 Å². The first kappa shape index (κ1) is 14.9. The average molecular weight is 343 g/mol. The van der Waals surface area contributed by atoms with Crippen molar-refractivity contribution < 1.29 is 4.79 Å². The molecule has 0 aromatic carbocycles. The lowest BCUT2D eigenvalue weighted by Crippen LogP contribution is -2.27. The highest BCUT2D eigenvalue weighted by Gasteiger charge is 2.25. The number of nitrogens with one attached hydrogen (secondary N) is 1. The van der Waals surface area contributed by atoms with E-state index in [0.29, 0.717) is 11.7 Å². The molecule has 1 amide bonds. The Morgan fingerprint density at radius 3 is 2.58 bits per heavy atom. The third-order valence-electron chi connectivity index (χ3n) is 4.65. The zero-order valence-corrected chi connectivity index (χ0v) is 14.0. The van der Waals surface area contributed by atoms with Crippen molar-refractivity contribution in [1.29, 1.82) is 0 Å². The zero-order valence-electron chi connectivity index (χ0n) is 14.0. The molecule has 0 saturated heterocycles. The lowest BCUT2D eigenvalue weighted by molar-refractivity contribution is 0.0943. The molecule has 4 aromatic rings. The first-order valence-corrected chi connectivity index (χ1v) is 8.66. The fraction of sp³-hybridized carbons (Fsp3) is 0.150. The monoisotopic (exact) mass is 343 g/mol. The molecule has 1 N–H and O–H groups in total. The van der Waals surface area contributed by atoms with Crippen molar-refractivity contribution in [3.63, 3.8) is 0 Å². The summed E-state index contributed by atoms with van der Waals surface area (Å²) < 4.78 is 3.75. The average Bonchev–Trinajstić information content (AvgIpc) is 3.20. The minimum absolute atomic E-state index is 0.0785. The molecule has 4 heterocycles. The van der Waals surface area contributed by atoms with Gasteiger partial charge in [-0.1, -0.05) is 6.07 Å². The fourth-order valence-corrected chi connectivity index (χ4v) is 3.12. The van der Waals surface area contributed by atoms with Crippen molar-refractivity contribution in [2.75, 3.05) is 0 Å². The van der Waals surface area contributed by atoms with Gasteiger partial charge in [-0.05, 0) is 60.4 Å². The van der Waals surface area contributed by atoms with Crippen molar-refractivity contribution in [3.8, 4) is 16.9 Å². The van der Waals surface area contributed by atoms with Crippen molar-refractivity contribution >= 4 is 11.4 Å². The number of hydrogen-bond acceptors (Lipinski definition) is 3. The van der Waals surface area contributed by atoms with Gasteiger partial charge in [-0.2, -0.15) is 5.10 Å². The molecule has 1 fully saturated rings. The summed E-state index contributed by atoms with van der Waals surface area (Å²) in [6.45, 7) is 0. The maximum atomic E-state index is 12.5. The molecule has 6 heteroatoms. The summed E-state index contributed by atoms with van der Waals surface area (Å²) in [5.41, 5.74) is 3.76. The van der Waals surface area contributed by atoms with Crippen molar-refractivity contribution in [1.82, 2.24) is 24.5 Å². The molecule has 1 aliphatic carbocycles. The number of carbonyl (C=O) groups is 1. The largest absolute Gasteiger partial charge is 0.348 e. The predicted molar refractivity (Wildman–Crippen MR) is 98.2 cm³/mol. The second kappa shape index (κ2) is 5.84. The minimum Gasteiger partial charge on any atom is -0.348 e. The van der Waals surface area contributed by atoms with E-state index in [0.717, 1.165) is 35.3 Å². The summed E-state index contributed by atoms with van der Waals surface area (Å²) in [5, 5.41) is 7.41. The van der Waals surface area contributed by atoms with Crippen LogP contribution in [0, 0.1) is 0 Å². The summed E-state index contributed by atoms with van der Waals surface area (Å²) in [6, 6.07) is 14.2. The number of carbonyl (C=O) groups excluding carboxylic acids is 1. The number of aromatic nitrogens is 4. The molecule has 128 valence electrons. The van der Waals surface area contributed by atoms with E-state index in [1.54, 1.807) is 29.3 Å². The first-order chi connectivity index (χ1) is 12.8. The highest BCUT2D eigenvalue weighted by atomic mass is 16.2. The zero-order chi connectivity index (χ0) is 17.5. The Morgan fingerprint density at radius 2 is 1.77 bits per heavy atom. The summed E-state index contributed by atoms with van der Waals surface area (Å²) in [5.74, 6) is 0.757. The van der Waals surface area contributed by atoms with E-state index in [2.05, 4.69) is 38.1 Å². The number of pyridine rings is 2. The topological polar surface area (TPSA) is 64.2 Å². The molecule has 0 bridgehead atoms. The van der Waals surface area contributed by atoms with Gasteiger partial charge < -0.3 is 9.72 Å². The Hall–Kier alpha value is -3.41. The van der Waals surface area contributed by atoms with E-state index in [9.17, 15) is 4.79 Å². The second-order valence-electron chi connectivity index (χ2n) is 6.52. The number of fused-ring (bicyclic) bond motifs is 1. The maximum Gasteiger partial charge on any atom is 0.270 e. The van der Waals surface area contributed by atoms with Gasteiger partial charge in [0.1, 0.15) is 11.5 Å². The SMILES string of the molecule is O=C(NC1CC1)c1ccnn1-c1ccc2ccc(-c3ccncc3)cn12. The van der Waals surface area contributed by atoms with Gasteiger partial charge in [-0.15, -0.1) is 0 Å². The first-order valence-electron chi connectivity index (χ1n) is 8.66. The van der Waals surface area contributed by atoms with Gasteiger partial charge in [-0.25, -0.2) is 4.68 Å². The van der Waals surface area contributed by atoms with Crippen LogP contribution in [-0.4, -0.2) is 31.1 Å². The van der Waals surface area contributed by atoms with Crippen LogP contribution in [0.25, 0.3) is 22.5 Å². The summed E-state index contributed by atoms with van der Waals surface area (Å²) in [6.07, 6.45) is 9.40. The van der Waals surface area contributed by atoms with E-state index in [4.69, 9.17) is 0 Å². The lowest BCUT2D eigenvalue weighted by Gasteiger charge is -2.10. The summed E-state index contributed by atoms with van der Waals surface area (Å²) >= 11 is 0. The van der Waals surface area contributed by atoms with Gasteiger partial charge in [0.05, 0.1) is 6.20 Å².